The van der Waals surface area contributed by atoms with E-state index in [1.807, 2.05) is 48.3 Å². The quantitative estimate of drug-likeness (QED) is 0.924. The number of thioether (sulfide) groups is 1. The van der Waals surface area contributed by atoms with Crippen LogP contribution in [0.1, 0.15) is 30.3 Å². The van der Waals surface area contributed by atoms with Gasteiger partial charge in [-0.3, -0.25) is 9.98 Å². The Bertz CT molecular complexity index is 719. The van der Waals surface area contributed by atoms with E-state index in [1.165, 1.54) is 0 Å². The molecule has 0 amide bonds. The van der Waals surface area contributed by atoms with E-state index in [9.17, 15) is 5.11 Å². The molecule has 1 N–H and O–H groups in total. The van der Waals surface area contributed by atoms with Crippen LogP contribution < -0.4 is 0 Å². The molecule has 2 aromatic rings. The lowest BCUT2D eigenvalue weighted by Crippen LogP contribution is -2.28. The molecule has 0 unspecified atom stereocenters. The molecule has 1 fully saturated rings. The smallest absolute Gasteiger partial charge is 0.160 e. The summed E-state index contributed by atoms with van der Waals surface area (Å²) in [4.78, 5) is 11.8. The number of fused-ring (bicyclic) bond motifs is 1. The van der Waals surface area contributed by atoms with Crippen molar-refractivity contribution in [2.24, 2.45) is 4.99 Å². The second-order valence-electron chi connectivity index (χ2n) is 5.73. The van der Waals surface area contributed by atoms with E-state index in [4.69, 9.17) is 4.99 Å². The van der Waals surface area contributed by atoms with E-state index in [0.29, 0.717) is 11.0 Å². The maximum atomic E-state index is 9.85. The topological polar surface area (TPSA) is 48.7 Å². The van der Waals surface area contributed by atoms with Crippen LogP contribution in [0.3, 0.4) is 0 Å². The van der Waals surface area contributed by atoms with Crippen molar-refractivity contribution in [3.05, 3.63) is 59.9 Å². The summed E-state index contributed by atoms with van der Waals surface area (Å²) in [7, 11) is 0. The Morgan fingerprint density at radius 1 is 1.23 bits per heavy atom. The van der Waals surface area contributed by atoms with E-state index < -0.39 is 0 Å². The van der Waals surface area contributed by atoms with Gasteiger partial charge in [-0.1, -0.05) is 36.9 Å². The highest BCUT2D eigenvalue weighted by Gasteiger charge is 2.43. The number of aromatic nitrogens is 1. The number of phenolic OH excluding ortho intramolecular Hbond substituents is 1. The second-order valence-corrected chi connectivity index (χ2v) is 7.14. The lowest BCUT2D eigenvalue weighted by atomic mass is 9.96. The summed E-state index contributed by atoms with van der Waals surface area (Å²) in [6.45, 7) is 3.20. The maximum absolute atomic E-state index is 9.85. The molecule has 1 aromatic carbocycles. The average Bonchev–Trinajstić information content (AvgIpc) is 3.04. The molecule has 4 nitrogen and oxygen atoms in total. The number of hydrogen-bond acceptors (Lipinski definition) is 5. The number of pyridine rings is 1. The van der Waals surface area contributed by atoms with Gasteiger partial charge in [0.15, 0.2) is 5.17 Å². The summed E-state index contributed by atoms with van der Waals surface area (Å²) in [6, 6.07) is 13.5. The Labute approximate surface area is 133 Å². The fraction of sp³-hybridized carbons (Fsp3) is 0.294. The summed E-state index contributed by atoms with van der Waals surface area (Å²) < 4.78 is 0. The van der Waals surface area contributed by atoms with Gasteiger partial charge in [-0.05, 0) is 29.8 Å². The van der Waals surface area contributed by atoms with Crippen LogP contribution in [0, 0.1) is 0 Å². The van der Waals surface area contributed by atoms with E-state index in [0.717, 1.165) is 23.0 Å². The number of aromatic hydroxyl groups is 1. The third kappa shape index (κ3) is 2.25. The van der Waals surface area contributed by atoms with Gasteiger partial charge in [-0.25, -0.2) is 0 Å². The van der Waals surface area contributed by atoms with Crippen molar-refractivity contribution in [1.29, 1.82) is 0 Å². The summed E-state index contributed by atoms with van der Waals surface area (Å²) in [5.41, 5.74) is 2.06. The van der Waals surface area contributed by atoms with Crippen LogP contribution in [0.15, 0.2) is 53.7 Å². The number of rotatable bonds is 2. The maximum Gasteiger partial charge on any atom is 0.160 e. The molecule has 0 aliphatic carbocycles. The molecule has 3 heterocycles. The van der Waals surface area contributed by atoms with Gasteiger partial charge in [0, 0.05) is 18.0 Å². The average molecular weight is 311 g/mol. The number of aliphatic imine (C=N–C) groups is 1. The van der Waals surface area contributed by atoms with E-state index in [-0.39, 0.29) is 12.1 Å². The Morgan fingerprint density at radius 2 is 2.14 bits per heavy atom. The number of amidine groups is 1. The molecule has 5 heteroatoms. The van der Waals surface area contributed by atoms with E-state index in [2.05, 4.69) is 22.9 Å². The Balaban J connectivity index is 1.78. The molecule has 3 atom stereocenters. The van der Waals surface area contributed by atoms with Gasteiger partial charge < -0.3 is 10.0 Å². The molecule has 1 aromatic heterocycles. The third-order valence-corrected chi connectivity index (χ3v) is 5.20. The molecule has 22 heavy (non-hydrogen) atoms. The van der Waals surface area contributed by atoms with Crippen molar-refractivity contribution in [3.8, 4) is 5.75 Å². The normalized spacial score (nSPS) is 26.9. The van der Waals surface area contributed by atoms with Crippen LogP contribution in [-0.4, -0.2) is 32.0 Å². The first-order valence-electron chi connectivity index (χ1n) is 7.43. The van der Waals surface area contributed by atoms with Crippen LogP contribution >= 0.6 is 11.8 Å². The van der Waals surface area contributed by atoms with Gasteiger partial charge >= 0.3 is 0 Å². The molecular formula is C17H17N3OS. The molecule has 1 saturated heterocycles. The standard InChI is InChI=1S/C17H17N3OS/c1-11-10-20-16(12-5-4-6-13(21)9-12)15(19-17(20)22-11)14-7-2-3-8-18-14/h2-9,11,15-16,21H,10H2,1H3/t11-,15-,16+/m1/s1. The van der Waals surface area contributed by atoms with Gasteiger partial charge in [-0.2, -0.15) is 0 Å². The van der Waals surface area contributed by atoms with Crippen LogP contribution in [0.4, 0.5) is 0 Å². The molecule has 0 saturated carbocycles. The third-order valence-electron chi connectivity index (χ3n) is 4.09. The van der Waals surface area contributed by atoms with Gasteiger partial charge in [0.05, 0.1) is 11.7 Å². The van der Waals surface area contributed by atoms with Gasteiger partial charge in [0.1, 0.15) is 11.8 Å². The van der Waals surface area contributed by atoms with Gasteiger partial charge in [0.2, 0.25) is 0 Å². The van der Waals surface area contributed by atoms with Crippen molar-refractivity contribution in [2.75, 3.05) is 6.54 Å². The lowest BCUT2D eigenvalue weighted by molar-refractivity contribution is 0.320. The van der Waals surface area contributed by atoms with E-state index >= 15 is 0 Å². The van der Waals surface area contributed by atoms with Crippen molar-refractivity contribution in [2.45, 2.75) is 24.3 Å². The first kappa shape index (κ1) is 13.6. The lowest BCUT2D eigenvalue weighted by Gasteiger charge is -2.27. The molecule has 0 bridgehead atoms. The molecule has 2 aliphatic rings. The molecule has 4 rings (SSSR count). The van der Waals surface area contributed by atoms with Crippen molar-refractivity contribution < 1.29 is 5.11 Å². The fourth-order valence-corrected chi connectivity index (χ4v) is 4.28. The van der Waals surface area contributed by atoms with Crippen LogP contribution in [0.2, 0.25) is 0 Å². The zero-order valence-electron chi connectivity index (χ0n) is 12.3. The minimum absolute atomic E-state index is 0.0157. The minimum Gasteiger partial charge on any atom is -0.508 e. The first-order valence-corrected chi connectivity index (χ1v) is 8.31. The van der Waals surface area contributed by atoms with Crippen LogP contribution in [-0.2, 0) is 0 Å². The highest BCUT2D eigenvalue weighted by Crippen LogP contribution is 2.47. The Morgan fingerprint density at radius 3 is 2.91 bits per heavy atom. The number of phenols is 1. The highest BCUT2D eigenvalue weighted by molar-refractivity contribution is 8.14. The van der Waals surface area contributed by atoms with Crippen molar-refractivity contribution in [1.82, 2.24) is 9.88 Å². The van der Waals surface area contributed by atoms with Crippen LogP contribution in [0.5, 0.6) is 5.75 Å². The van der Waals surface area contributed by atoms with Crippen LogP contribution in [0.25, 0.3) is 0 Å². The number of benzene rings is 1. The summed E-state index contributed by atoms with van der Waals surface area (Å²) in [5, 5.41) is 11.5. The SMILES string of the molecule is C[C@@H]1CN2C(=N[C@H](c3ccccn3)[C@@H]2c2cccc(O)c2)S1. The zero-order chi connectivity index (χ0) is 15.1. The fourth-order valence-electron chi connectivity index (χ4n) is 3.19. The molecule has 2 aliphatic heterocycles. The predicted octanol–water partition coefficient (Wildman–Crippen LogP) is 3.38. The minimum atomic E-state index is -0.0157. The monoisotopic (exact) mass is 311 g/mol. The van der Waals surface area contributed by atoms with Crippen molar-refractivity contribution in [3.63, 3.8) is 0 Å². The molecule has 0 radical (unpaired) electrons. The molecule has 112 valence electrons. The number of nitrogens with zero attached hydrogens (tertiary/aromatic N) is 3. The highest BCUT2D eigenvalue weighted by atomic mass is 32.2. The zero-order valence-corrected chi connectivity index (χ0v) is 13.1. The van der Waals surface area contributed by atoms with Gasteiger partial charge in [0.25, 0.3) is 0 Å². The number of hydrogen-bond donors (Lipinski definition) is 1. The Hall–Kier alpha value is -2.01. The predicted molar refractivity (Wildman–Crippen MR) is 89.0 cm³/mol. The molecule has 0 spiro atoms. The molecular weight excluding hydrogens is 294 g/mol. The Kier molecular flexibility index (Phi) is 3.30. The first-order chi connectivity index (χ1) is 10.7. The van der Waals surface area contributed by atoms with Gasteiger partial charge in [-0.15, -0.1) is 0 Å². The summed E-state index contributed by atoms with van der Waals surface area (Å²) in [5.74, 6) is 0.297. The van der Waals surface area contributed by atoms with E-state index in [1.54, 1.807) is 6.07 Å². The summed E-state index contributed by atoms with van der Waals surface area (Å²) in [6.07, 6.45) is 1.81. The van der Waals surface area contributed by atoms with Crippen molar-refractivity contribution >= 4 is 16.9 Å². The summed E-state index contributed by atoms with van der Waals surface area (Å²) >= 11 is 1.82. The largest absolute Gasteiger partial charge is 0.508 e. The second kappa shape index (κ2) is 5.32.